The Balaban J connectivity index is 2.89. The van der Waals surface area contributed by atoms with E-state index in [-0.39, 0.29) is 24.9 Å². The Hall–Kier alpha value is -1.40. The van der Waals surface area contributed by atoms with E-state index in [1.807, 2.05) is 48.5 Å². The number of rotatable bonds is 8. The van der Waals surface area contributed by atoms with Crippen molar-refractivity contribution in [2.75, 3.05) is 6.54 Å². The smallest absolute Gasteiger partial charge is 0.241 e. The highest BCUT2D eigenvalue weighted by Crippen LogP contribution is 2.29. The zero-order chi connectivity index (χ0) is 19.4. The number of carbonyl (C=O) groups is 1. The van der Waals surface area contributed by atoms with Gasteiger partial charge in [-0.1, -0.05) is 13.8 Å². The van der Waals surface area contributed by atoms with Crippen LogP contribution in [0.2, 0.25) is 0 Å². The summed E-state index contributed by atoms with van der Waals surface area (Å²) in [5, 5.41) is 2.92. The van der Waals surface area contributed by atoms with E-state index in [1.165, 1.54) is 0 Å². The molecule has 0 spiro atoms. The summed E-state index contributed by atoms with van der Waals surface area (Å²) in [4.78, 5) is 12.3. The Morgan fingerprint density at radius 1 is 0.880 bits per heavy atom. The number of carbonyl (C=O) groups excluding carboxylic acids is 1. The van der Waals surface area contributed by atoms with E-state index in [0.29, 0.717) is 4.90 Å². The van der Waals surface area contributed by atoms with Gasteiger partial charge < -0.3 is 5.32 Å². The first-order valence-corrected chi connectivity index (χ1v) is 10.4. The second-order valence-corrected chi connectivity index (χ2v) is 8.39. The van der Waals surface area contributed by atoms with Crippen molar-refractivity contribution in [2.24, 2.45) is 0 Å². The molecule has 2 N–H and O–H groups in total. The molecule has 0 bridgehead atoms. The van der Waals surface area contributed by atoms with Crippen molar-refractivity contribution in [3.05, 3.63) is 27.8 Å². The molecule has 5 nitrogen and oxygen atoms in total. The first-order chi connectivity index (χ1) is 11.6. The van der Waals surface area contributed by atoms with Gasteiger partial charge in [0, 0.05) is 19.0 Å². The predicted octanol–water partition coefficient (Wildman–Crippen LogP) is 3.20. The maximum Gasteiger partial charge on any atom is 0.241 e. The molecule has 1 rings (SSSR count). The third-order valence-corrected chi connectivity index (χ3v) is 6.93. The lowest BCUT2D eigenvalue weighted by molar-refractivity contribution is -0.121. The number of hydrogen-bond donors (Lipinski definition) is 2. The standard InChI is InChI=1S/C19H32N2O3S/c1-8-17(9-2)21-18(22)10-11-20-25(23,24)19-15(6)13(4)12(3)14(5)16(19)7/h17,20H,8-11H2,1-7H3,(H,21,22). The van der Waals surface area contributed by atoms with Crippen LogP contribution in [-0.2, 0) is 14.8 Å². The quantitative estimate of drug-likeness (QED) is 0.740. The van der Waals surface area contributed by atoms with Crippen LogP contribution in [0.3, 0.4) is 0 Å². The van der Waals surface area contributed by atoms with Gasteiger partial charge in [-0.05, 0) is 75.3 Å². The minimum Gasteiger partial charge on any atom is -0.353 e. The number of benzene rings is 1. The molecule has 0 atom stereocenters. The lowest BCUT2D eigenvalue weighted by Gasteiger charge is -2.19. The second kappa shape index (κ2) is 8.81. The van der Waals surface area contributed by atoms with Crippen molar-refractivity contribution in [1.29, 1.82) is 0 Å². The Labute approximate surface area is 152 Å². The molecule has 0 aliphatic heterocycles. The number of hydrogen-bond acceptors (Lipinski definition) is 3. The predicted molar refractivity (Wildman–Crippen MR) is 102 cm³/mol. The average Bonchev–Trinajstić information content (AvgIpc) is 2.55. The highest BCUT2D eigenvalue weighted by Gasteiger charge is 2.23. The van der Waals surface area contributed by atoms with Crippen molar-refractivity contribution < 1.29 is 13.2 Å². The molecule has 0 fully saturated rings. The molecule has 0 unspecified atom stereocenters. The SMILES string of the molecule is CCC(CC)NC(=O)CCNS(=O)(=O)c1c(C)c(C)c(C)c(C)c1C. The Morgan fingerprint density at radius 2 is 1.32 bits per heavy atom. The van der Waals surface area contributed by atoms with Gasteiger partial charge in [-0.15, -0.1) is 0 Å². The molecule has 0 aliphatic rings. The van der Waals surface area contributed by atoms with Gasteiger partial charge in [0.2, 0.25) is 15.9 Å². The van der Waals surface area contributed by atoms with Crippen LogP contribution in [0, 0.1) is 34.6 Å². The Kier molecular flexibility index (Phi) is 7.62. The van der Waals surface area contributed by atoms with Gasteiger partial charge in [0.1, 0.15) is 0 Å². The minimum absolute atomic E-state index is 0.0964. The van der Waals surface area contributed by atoms with E-state index in [4.69, 9.17) is 0 Å². The van der Waals surface area contributed by atoms with E-state index in [1.54, 1.807) is 0 Å². The zero-order valence-electron chi connectivity index (χ0n) is 16.5. The van der Waals surface area contributed by atoms with Crippen LogP contribution in [0.1, 0.15) is 60.9 Å². The summed E-state index contributed by atoms with van der Waals surface area (Å²) in [5.41, 5.74) is 4.66. The molecule has 1 amide bonds. The topological polar surface area (TPSA) is 75.3 Å². The van der Waals surface area contributed by atoms with Gasteiger partial charge in [-0.25, -0.2) is 13.1 Å². The maximum atomic E-state index is 12.8. The summed E-state index contributed by atoms with van der Waals surface area (Å²) < 4.78 is 28.1. The van der Waals surface area contributed by atoms with E-state index < -0.39 is 10.0 Å². The maximum absolute atomic E-state index is 12.8. The Bertz CT molecular complexity index is 707. The van der Waals surface area contributed by atoms with Crippen LogP contribution in [0.25, 0.3) is 0 Å². The first kappa shape index (κ1) is 21.6. The number of amides is 1. The van der Waals surface area contributed by atoms with Crippen molar-refractivity contribution in [3.63, 3.8) is 0 Å². The molecular formula is C19H32N2O3S. The third kappa shape index (κ3) is 5.05. The average molecular weight is 369 g/mol. The van der Waals surface area contributed by atoms with Crippen LogP contribution in [0.15, 0.2) is 4.90 Å². The van der Waals surface area contributed by atoms with E-state index in [0.717, 1.165) is 40.7 Å². The van der Waals surface area contributed by atoms with Gasteiger partial charge in [0.25, 0.3) is 0 Å². The summed E-state index contributed by atoms with van der Waals surface area (Å²) in [6.07, 6.45) is 1.88. The summed E-state index contributed by atoms with van der Waals surface area (Å²) in [6, 6.07) is 0.149. The molecule has 0 heterocycles. The second-order valence-electron chi connectivity index (χ2n) is 6.68. The van der Waals surface area contributed by atoms with Crippen molar-refractivity contribution >= 4 is 15.9 Å². The van der Waals surface area contributed by atoms with Gasteiger partial charge in [-0.2, -0.15) is 0 Å². The van der Waals surface area contributed by atoms with Crippen LogP contribution in [0.4, 0.5) is 0 Å². The van der Waals surface area contributed by atoms with Crippen LogP contribution in [-0.4, -0.2) is 26.9 Å². The highest BCUT2D eigenvalue weighted by atomic mass is 32.2. The lowest BCUT2D eigenvalue weighted by atomic mass is 9.95. The van der Waals surface area contributed by atoms with Crippen LogP contribution >= 0.6 is 0 Å². The molecule has 0 aliphatic carbocycles. The van der Waals surface area contributed by atoms with Gasteiger partial charge in [0.15, 0.2) is 0 Å². The van der Waals surface area contributed by atoms with Gasteiger partial charge >= 0.3 is 0 Å². The molecule has 0 aromatic heterocycles. The zero-order valence-corrected chi connectivity index (χ0v) is 17.4. The van der Waals surface area contributed by atoms with Crippen molar-refractivity contribution in [3.8, 4) is 0 Å². The number of sulfonamides is 1. The fraction of sp³-hybridized carbons (Fsp3) is 0.632. The highest BCUT2D eigenvalue weighted by molar-refractivity contribution is 7.89. The summed E-state index contributed by atoms with van der Waals surface area (Å²) in [5.74, 6) is -0.124. The molecule has 25 heavy (non-hydrogen) atoms. The molecule has 0 saturated heterocycles. The molecule has 0 radical (unpaired) electrons. The van der Waals surface area contributed by atoms with Crippen molar-refractivity contribution in [2.45, 2.75) is 78.7 Å². The van der Waals surface area contributed by atoms with Crippen LogP contribution < -0.4 is 10.0 Å². The molecule has 1 aromatic rings. The molecule has 1 aromatic carbocycles. The van der Waals surface area contributed by atoms with Crippen LogP contribution in [0.5, 0.6) is 0 Å². The minimum atomic E-state index is -3.65. The third-order valence-electron chi connectivity index (χ3n) is 5.19. The monoisotopic (exact) mass is 368 g/mol. The fourth-order valence-corrected chi connectivity index (χ4v) is 4.66. The normalized spacial score (nSPS) is 11.8. The van der Waals surface area contributed by atoms with Crippen molar-refractivity contribution in [1.82, 2.24) is 10.0 Å². The first-order valence-electron chi connectivity index (χ1n) is 8.92. The Morgan fingerprint density at radius 3 is 1.76 bits per heavy atom. The van der Waals surface area contributed by atoms with E-state index in [9.17, 15) is 13.2 Å². The van der Waals surface area contributed by atoms with Gasteiger partial charge in [-0.3, -0.25) is 4.79 Å². The largest absolute Gasteiger partial charge is 0.353 e. The van der Waals surface area contributed by atoms with E-state index in [2.05, 4.69) is 10.0 Å². The molecule has 142 valence electrons. The lowest BCUT2D eigenvalue weighted by Crippen LogP contribution is -2.36. The molecule has 0 saturated carbocycles. The molecule has 6 heteroatoms. The summed E-state index contributed by atoms with van der Waals surface area (Å²) in [7, 11) is -3.65. The fourth-order valence-electron chi connectivity index (χ4n) is 3.03. The summed E-state index contributed by atoms with van der Waals surface area (Å²) >= 11 is 0. The summed E-state index contributed by atoms with van der Waals surface area (Å²) in [6.45, 7) is 13.7. The van der Waals surface area contributed by atoms with Gasteiger partial charge in [0.05, 0.1) is 4.90 Å². The molecular weight excluding hydrogens is 336 g/mol. The number of nitrogens with one attached hydrogen (secondary N) is 2. The van der Waals surface area contributed by atoms with E-state index >= 15 is 0 Å².